The summed E-state index contributed by atoms with van der Waals surface area (Å²) in [6.07, 6.45) is 0.112. The Morgan fingerprint density at radius 1 is 1.17 bits per heavy atom. The molecule has 23 heavy (non-hydrogen) atoms. The van der Waals surface area contributed by atoms with Crippen molar-refractivity contribution in [1.82, 2.24) is 4.98 Å². The molecule has 1 amide bonds. The predicted octanol–water partition coefficient (Wildman–Crippen LogP) is 4.91. The first-order chi connectivity index (χ1) is 11.1. The van der Waals surface area contributed by atoms with Crippen molar-refractivity contribution < 1.29 is 9.53 Å². The van der Waals surface area contributed by atoms with Gasteiger partial charge in [0.2, 0.25) is 0 Å². The van der Waals surface area contributed by atoms with E-state index in [0.717, 1.165) is 16.3 Å². The lowest BCUT2D eigenvalue weighted by molar-refractivity contribution is 0.102. The normalized spacial score (nSPS) is 10.7. The molecule has 4 nitrogen and oxygen atoms in total. The molecule has 0 fully saturated rings. The highest BCUT2D eigenvalue weighted by Crippen LogP contribution is 2.28. The number of hydrogen-bond acceptors (Lipinski definition) is 5. The van der Waals surface area contributed by atoms with E-state index in [4.69, 9.17) is 4.74 Å². The minimum atomic E-state index is -0.173. The van der Waals surface area contributed by atoms with Gasteiger partial charge in [-0.05, 0) is 49.6 Å². The highest BCUT2D eigenvalue weighted by atomic mass is 32.1. The summed E-state index contributed by atoms with van der Waals surface area (Å²) >= 11 is 3.05. The standard InChI is InChI=1S/C17H16N2O2S2/c1-11(2)21-13-7-5-12(6-8-13)16(20)19-17-18-14(10-23-17)15-4-3-9-22-15/h3-11H,1-2H3,(H,18,19,20). The average molecular weight is 344 g/mol. The van der Waals surface area contributed by atoms with E-state index in [2.05, 4.69) is 10.3 Å². The van der Waals surface area contributed by atoms with Gasteiger partial charge in [0.1, 0.15) is 5.75 Å². The minimum Gasteiger partial charge on any atom is -0.491 e. The van der Waals surface area contributed by atoms with Crippen molar-refractivity contribution in [3.8, 4) is 16.3 Å². The molecule has 0 aliphatic carbocycles. The van der Waals surface area contributed by atoms with Crippen LogP contribution in [0.1, 0.15) is 24.2 Å². The number of ether oxygens (including phenoxy) is 1. The molecule has 6 heteroatoms. The molecule has 0 saturated heterocycles. The van der Waals surface area contributed by atoms with Gasteiger partial charge in [-0.3, -0.25) is 10.1 Å². The molecule has 0 aliphatic rings. The van der Waals surface area contributed by atoms with Gasteiger partial charge in [0.05, 0.1) is 16.7 Å². The minimum absolute atomic E-state index is 0.112. The fraction of sp³-hybridized carbons (Fsp3) is 0.176. The van der Waals surface area contributed by atoms with Gasteiger partial charge in [-0.1, -0.05) is 6.07 Å². The van der Waals surface area contributed by atoms with E-state index >= 15 is 0 Å². The number of carbonyl (C=O) groups excluding carboxylic acids is 1. The van der Waals surface area contributed by atoms with Crippen molar-refractivity contribution in [2.75, 3.05) is 5.32 Å². The van der Waals surface area contributed by atoms with Crippen molar-refractivity contribution in [1.29, 1.82) is 0 Å². The van der Waals surface area contributed by atoms with Crippen LogP contribution in [0.4, 0.5) is 5.13 Å². The molecule has 0 spiro atoms. The van der Waals surface area contributed by atoms with Gasteiger partial charge in [0, 0.05) is 10.9 Å². The second-order valence-corrected chi connectivity index (χ2v) is 6.97. The molecule has 2 aromatic heterocycles. The third kappa shape index (κ3) is 3.97. The number of nitrogens with zero attached hydrogens (tertiary/aromatic N) is 1. The molecule has 3 aromatic rings. The summed E-state index contributed by atoms with van der Waals surface area (Å²) in [6.45, 7) is 3.93. The number of benzene rings is 1. The van der Waals surface area contributed by atoms with E-state index in [9.17, 15) is 4.79 Å². The van der Waals surface area contributed by atoms with Crippen molar-refractivity contribution in [3.63, 3.8) is 0 Å². The highest BCUT2D eigenvalue weighted by molar-refractivity contribution is 7.16. The number of anilines is 1. The summed E-state index contributed by atoms with van der Waals surface area (Å²) in [6, 6.07) is 11.1. The maximum Gasteiger partial charge on any atom is 0.257 e. The fourth-order valence-corrected chi connectivity index (χ4v) is 3.46. The van der Waals surface area contributed by atoms with E-state index < -0.39 is 0 Å². The van der Waals surface area contributed by atoms with Crippen molar-refractivity contribution in [2.24, 2.45) is 0 Å². The first-order valence-electron chi connectivity index (χ1n) is 7.19. The second-order valence-electron chi connectivity index (χ2n) is 5.16. The van der Waals surface area contributed by atoms with Crippen LogP contribution in [0.5, 0.6) is 5.75 Å². The van der Waals surface area contributed by atoms with Crippen molar-refractivity contribution in [3.05, 3.63) is 52.7 Å². The quantitative estimate of drug-likeness (QED) is 0.715. The Balaban J connectivity index is 1.67. The number of thiazole rings is 1. The number of hydrogen-bond donors (Lipinski definition) is 1. The van der Waals surface area contributed by atoms with Crippen LogP contribution in [0.15, 0.2) is 47.2 Å². The molecule has 0 aliphatic heterocycles. The Hall–Kier alpha value is -2.18. The summed E-state index contributed by atoms with van der Waals surface area (Å²) < 4.78 is 5.57. The molecule has 0 saturated carbocycles. The molecule has 0 radical (unpaired) electrons. The van der Waals surface area contributed by atoms with Gasteiger partial charge in [-0.2, -0.15) is 0 Å². The molecule has 0 bridgehead atoms. The van der Waals surface area contributed by atoms with Crippen molar-refractivity contribution in [2.45, 2.75) is 20.0 Å². The zero-order valence-electron chi connectivity index (χ0n) is 12.8. The molecule has 1 aromatic carbocycles. The Bertz CT molecular complexity index is 777. The van der Waals surface area contributed by atoms with Crippen LogP contribution in [0.3, 0.4) is 0 Å². The third-order valence-corrected chi connectivity index (χ3v) is 4.64. The largest absolute Gasteiger partial charge is 0.491 e. The van der Waals surface area contributed by atoms with Gasteiger partial charge in [0.15, 0.2) is 5.13 Å². The van der Waals surface area contributed by atoms with Crippen molar-refractivity contribution >= 4 is 33.7 Å². The van der Waals surface area contributed by atoms with Gasteiger partial charge < -0.3 is 4.74 Å². The number of aromatic nitrogens is 1. The maximum absolute atomic E-state index is 12.3. The van der Waals surface area contributed by atoms with Crippen LogP contribution in [-0.2, 0) is 0 Å². The maximum atomic E-state index is 12.3. The molecular formula is C17H16N2O2S2. The molecule has 0 atom stereocenters. The van der Waals surface area contributed by atoms with Crippen LogP contribution in [0.2, 0.25) is 0 Å². The van der Waals surface area contributed by atoms with Crippen LogP contribution >= 0.6 is 22.7 Å². The molecule has 118 valence electrons. The molecule has 3 rings (SSSR count). The zero-order chi connectivity index (χ0) is 16.2. The Labute approximate surface area is 142 Å². The monoisotopic (exact) mass is 344 g/mol. The lowest BCUT2D eigenvalue weighted by atomic mass is 10.2. The number of nitrogens with one attached hydrogen (secondary N) is 1. The summed E-state index contributed by atoms with van der Waals surface area (Å²) in [5.74, 6) is 0.582. The number of amides is 1. The van der Waals surface area contributed by atoms with Gasteiger partial charge >= 0.3 is 0 Å². The summed E-state index contributed by atoms with van der Waals surface area (Å²) in [4.78, 5) is 17.8. The van der Waals surface area contributed by atoms with E-state index in [0.29, 0.717) is 10.7 Å². The van der Waals surface area contributed by atoms with Gasteiger partial charge in [-0.25, -0.2) is 4.98 Å². The highest BCUT2D eigenvalue weighted by Gasteiger charge is 2.10. The van der Waals surface area contributed by atoms with Gasteiger partial charge in [0.25, 0.3) is 5.91 Å². The lowest BCUT2D eigenvalue weighted by Gasteiger charge is -2.09. The van der Waals surface area contributed by atoms with E-state index in [-0.39, 0.29) is 12.0 Å². The zero-order valence-corrected chi connectivity index (χ0v) is 14.4. The van der Waals surface area contributed by atoms with E-state index in [1.165, 1.54) is 11.3 Å². The lowest BCUT2D eigenvalue weighted by Crippen LogP contribution is -2.12. The average Bonchev–Trinajstić information content (AvgIpc) is 3.18. The number of carbonyl (C=O) groups is 1. The molecule has 2 heterocycles. The predicted molar refractivity (Wildman–Crippen MR) is 95.6 cm³/mol. The Morgan fingerprint density at radius 3 is 2.61 bits per heavy atom. The van der Waals surface area contributed by atoms with Crippen LogP contribution in [0.25, 0.3) is 10.6 Å². The smallest absolute Gasteiger partial charge is 0.257 e. The van der Waals surface area contributed by atoms with Crippen LogP contribution in [-0.4, -0.2) is 17.0 Å². The first-order valence-corrected chi connectivity index (χ1v) is 8.95. The SMILES string of the molecule is CC(C)Oc1ccc(C(=O)Nc2nc(-c3cccs3)cs2)cc1. The fourth-order valence-electron chi connectivity index (χ4n) is 1.99. The van der Waals surface area contributed by atoms with E-state index in [1.54, 1.807) is 35.6 Å². The summed E-state index contributed by atoms with van der Waals surface area (Å²) in [7, 11) is 0. The topological polar surface area (TPSA) is 51.2 Å². The summed E-state index contributed by atoms with van der Waals surface area (Å²) in [5.41, 5.74) is 1.47. The third-order valence-electron chi connectivity index (χ3n) is 2.99. The Morgan fingerprint density at radius 2 is 1.96 bits per heavy atom. The number of thiophene rings is 1. The van der Waals surface area contributed by atoms with Crippen LogP contribution in [0, 0.1) is 0 Å². The second kappa shape index (κ2) is 6.93. The summed E-state index contributed by atoms with van der Waals surface area (Å²) in [5, 5.41) is 7.38. The molecule has 1 N–H and O–H groups in total. The molecular weight excluding hydrogens is 328 g/mol. The van der Waals surface area contributed by atoms with Gasteiger partial charge in [-0.15, -0.1) is 22.7 Å². The van der Waals surface area contributed by atoms with Crippen LogP contribution < -0.4 is 10.1 Å². The van der Waals surface area contributed by atoms with E-state index in [1.807, 2.05) is 36.7 Å². The first kappa shape index (κ1) is 15.7. The molecule has 0 unspecified atom stereocenters. The Kier molecular flexibility index (Phi) is 4.73. The number of rotatable bonds is 5.